The second kappa shape index (κ2) is 5.78. The molecule has 1 rings (SSSR count). The molecule has 0 aliphatic heterocycles. The molecule has 98 valence electrons. The van der Waals surface area contributed by atoms with Crippen LogP contribution in [0.2, 0.25) is 0 Å². The predicted octanol–water partition coefficient (Wildman–Crippen LogP) is 2.20. The van der Waals surface area contributed by atoms with Crippen molar-refractivity contribution in [2.24, 2.45) is 11.1 Å². The number of anilines is 1. The molecule has 0 saturated carbocycles. The molecule has 0 radical (unpaired) electrons. The average molecular weight is 248 g/mol. The van der Waals surface area contributed by atoms with E-state index in [1.54, 1.807) is 24.3 Å². The third-order valence-corrected chi connectivity index (χ3v) is 2.91. The molecule has 0 unspecified atom stereocenters. The number of carbonyl (C=O) groups is 2. The first-order valence-electron chi connectivity index (χ1n) is 5.99. The Balaban J connectivity index is 2.82. The lowest BCUT2D eigenvalue weighted by Crippen LogP contribution is -2.32. The normalized spacial score (nSPS) is 11.1. The van der Waals surface area contributed by atoms with Gasteiger partial charge < -0.3 is 11.1 Å². The van der Waals surface area contributed by atoms with Gasteiger partial charge in [0.25, 0.3) is 0 Å². The van der Waals surface area contributed by atoms with Gasteiger partial charge in [-0.05, 0) is 32.0 Å². The van der Waals surface area contributed by atoms with Gasteiger partial charge in [0.1, 0.15) is 0 Å². The highest BCUT2D eigenvalue weighted by Gasteiger charge is 2.26. The Bertz CT molecular complexity index is 453. The lowest BCUT2D eigenvalue weighted by Gasteiger charge is -2.22. The fourth-order valence-corrected chi connectivity index (χ4v) is 1.59. The number of amides is 1. The monoisotopic (exact) mass is 248 g/mol. The van der Waals surface area contributed by atoms with Gasteiger partial charge in [-0.15, -0.1) is 0 Å². The molecule has 1 aromatic carbocycles. The second-order valence-electron chi connectivity index (χ2n) is 5.01. The Kier molecular flexibility index (Phi) is 4.62. The first-order valence-corrected chi connectivity index (χ1v) is 5.99. The SMILES string of the molecule is CC(=O)c1cccc(NC(=O)C(C)(C)CCN)c1. The topological polar surface area (TPSA) is 72.2 Å². The van der Waals surface area contributed by atoms with Crippen LogP contribution in [0.15, 0.2) is 24.3 Å². The highest BCUT2D eigenvalue weighted by molar-refractivity contribution is 5.98. The number of benzene rings is 1. The van der Waals surface area contributed by atoms with Crippen LogP contribution in [-0.4, -0.2) is 18.2 Å². The smallest absolute Gasteiger partial charge is 0.230 e. The molecular formula is C14H20N2O2. The molecule has 1 aromatic rings. The minimum atomic E-state index is -0.513. The van der Waals surface area contributed by atoms with Gasteiger partial charge in [0.15, 0.2) is 5.78 Å². The van der Waals surface area contributed by atoms with Crippen LogP contribution < -0.4 is 11.1 Å². The van der Waals surface area contributed by atoms with Crippen LogP contribution in [-0.2, 0) is 4.79 Å². The van der Waals surface area contributed by atoms with Crippen molar-refractivity contribution in [2.75, 3.05) is 11.9 Å². The molecule has 0 heterocycles. The minimum Gasteiger partial charge on any atom is -0.330 e. The van der Waals surface area contributed by atoms with Gasteiger partial charge in [0, 0.05) is 16.7 Å². The second-order valence-corrected chi connectivity index (χ2v) is 5.01. The molecule has 18 heavy (non-hydrogen) atoms. The van der Waals surface area contributed by atoms with E-state index < -0.39 is 5.41 Å². The largest absolute Gasteiger partial charge is 0.330 e. The summed E-state index contributed by atoms with van der Waals surface area (Å²) in [5.74, 6) is -0.110. The molecular weight excluding hydrogens is 228 g/mol. The molecule has 3 N–H and O–H groups in total. The van der Waals surface area contributed by atoms with Crippen molar-refractivity contribution in [3.8, 4) is 0 Å². The van der Waals surface area contributed by atoms with E-state index in [1.807, 2.05) is 13.8 Å². The standard InChI is InChI=1S/C14H20N2O2/c1-10(17)11-5-4-6-12(9-11)16-13(18)14(2,3)7-8-15/h4-6,9H,7-8,15H2,1-3H3,(H,16,18). The number of Topliss-reactive ketones (excluding diaryl/α,β-unsaturated/α-hetero) is 1. The summed E-state index contributed by atoms with van der Waals surface area (Å²) in [4.78, 5) is 23.3. The summed E-state index contributed by atoms with van der Waals surface area (Å²) in [6, 6.07) is 6.92. The van der Waals surface area contributed by atoms with Gasteiger partial charge in [-0.3, -0.25) is 9.59 Å². The Morgan fingerprint density at radius 1 is 1.33 bits per heavy atom. The lowest BCUT2D eigenvalue weighted by molar-refractivity contribution is -0.124. The number of nitrogens with one attached hydrogen (secondary N) is 1. The molecule has 0 saturated heterocycles. The molecule has 1 amide bonds. The van der Waals surface area contributed by atoms with Crippen LogP contribution in [0.5, 0.6) is 0 Å². The van der Waals surface area contributed by atoms with Gasteiger partial charge >= 0.3 is 0 Å². The number of carbonyl (C=O) groups excluding carboxylic acids is 2. The maximum Gasteiger partial charge on any atom is 0.230 e. The van der Waals surface area contributed by atoms with E-state index in [9.17, 15) is 9.59 Å². The van der Waals surface area contributed by atoms with E-state index in [2.05, 4.69) is 5.32 Å². The zero-order valence-corrected chi connectivity index (χ0v) is 11.1. The molecule has 0 fully saturated rings. The summed E-state index contributed by atoms with van der Waals surface area (Å²) in [5, 5.41) is 2.82. The third kappa shape index (κ3) is 3.67. The molecule has 0 atom stereocenters. The maximum absolute atomic E-state index is 12.1. The van der Waals surface area contributed by atoms with Gasteiger partial charge in [0.2, 0.25) is 5.91 Å². The molecule has 0 aromatic heterocycles. The quantitative estimate of drug-likeness (QED) is 0.785. The molecule has 0 bridgehead atoms. The van der Waals surface area contributed by atoms with Crippen molar-refractivity contribution >= 4 is 17.4 Å². The molecule has 0 aliphatic carbocycles. The summed E-state index contributed by atoms with van der Waals surface area (Å²) in [6.45, 7) is 5.67. The summed E-state index contributed by atoms with van der Waals surface area (Å²) in [6.07, 6.45) is 0.616. The van der Waals surface area contributed by atoms with E-state index in [1.165, 1.54) is 6.92 Å². The Morgan fingerprint density at radius 2 is 2.00 bits per heavy atom. The lowest BCUT2D eigenvalue weighted by atomic mass is 9.88. The number of hydrogen-bond acceptors (Lipinski definition) is 3. The molecule has 0 aliphatic rings. The van der Waals surface area contributed by atoms with Crippen LogP contribution in [0.25, 0.3) is 0 Å². The summed E-state index contributed by atoms with van der Waals surface area (Å²) in [7, 11) is 0. The molecule has 0 spiro atoms. The van der Waals surface area contributed by atoms with Crippen molar-refractivity contribution in [3.05, 3.63) is 29.8 Å². The van der Waals surface area contributed by atoms with E-state index >= 15 is 0 Å². The fourth-order valence-electron chi connectivity index (χ4n) is 1.59. The highest BCUT2D eigenvalue weighted by atomic mass is 16.2. The van der Waals surface area contributed by atoms with Crippen LogP contribution in [0.3, 0.4) is 0 Å². The first kappa shape index (κ1) is 14.4. The van der Waals surface area contributed by atoms with Crippen LogP contribution >= 0.6 is 0 Å². The minimum absolute atomic E-state index is 0.0210. The number of ketones is 1. The fraction of sp³-hybridized carbons (Fsp3) is 0.429. The van der Waals surface area contributed by atoms with Crippen molar-refractivity contribution in [1.29, 1.82) is 0 Å². The third-order valence-electron chi connectivity index (χ3n) is 2.91. The highest BCUT2D eigenvalue weighted by Crippen LogP contribution is 2.22. The van der Waals surface area contributed by atoms with E-state index in [0.717, 1.165) is 0 Å². The van der Waals surface area contributed by atoms with E-state index in [0.29, 0.717) is 24.2 Å². The van der Waals surface area contributed by atoms with Gasteiger partial charge in [-0.2, -0.15) is 0 Å². The summed E-state index contributed by atoms with van der Waals surface area (Å²) in [5.41, 5.74) is 6.20. The van der Waals surface area contributed by atoms with Gasteiger partial charge in [-0.1, -0.05) is 26.0 Å². The van der Waals surface area contributed by atoms with E-state index in [-0.39, 0.29) is 11.7 Å². The first-order chi connectivity index (χ1) is 8.36. The Labute approximate surface area is 108 Å². The van der Waals surface area contributed by atoms with Gasteiger partial charge in [0.05, 0.1) is 0 Å². The van der Waals surface area contributed by atoms with Crippen LogP contribution in [0.4, 0.5) is 5.69 Å². The van der Waals surface area contributed by atoms with Crippen molar-refractivity contribution < 1.29 is 9.59 Å². The molecule has 4 nitrogen and oxygen atoms in total. The predicted molar refractivity (Wildman–Crippen MR) is 72.5 cm³/mol. The number of rotatable bonds is 5. The Morgan fingerprint density at radius 3 is 2.56 bits per heavy atom. The maximum atomic E-state index is 12.1. The summed E-state index contributed by atoms with van der Waals surface area (Å²) < 4.78 is 0. The Hall–Kier alpha value is -1.68. The zero-order chi connectivity index (χ0) is 13.8. The van der Waals surface area contributed by atoms with Crippen LogP contribution in [0, 0.1) is 5.41 Å². The van der Waals surface area contributed by atoms with Gasteiger partial charge in [-0.25, -0.2) is 0 Å². The van der Waals surface area contributed by atoms with Crippen molar-refractivity contribution in [1.82, 2.24) is 0 Å². The van der Waals surface area contributed by atoms with Crippen LogP contribution in [0.1, 0.15) is 37.6 Å². The van der Waals surface area contributed by atoms with E-state index in [4.69, 9.17) is 5.73 Å². The number of hydrogen-bond donors (Lipinski definition) is 2. The zero-order valence-electron chi connectivity index (χ0n) is 11.1. The summed E-state index contributed by atoms with van der Waals surface area (Å²) >= 11 is 0. The van der Waals surface area contributed by atoms with Crippen molar-refractivity contribution in [3.63, 3.8) is 0 Å². The van der Waals surface area contributed by atoms with Crippen molar-refractivity contribution in [2.45, 2.75) is 27.2 Å². The number of nitrogens with two attached hydrogens (primary N) is 1. The average Bonchev–Trinajstić information content (AvgIpc) is 2.29. The molecule has 4 heteroatoms.